The Morgan fingerprint density at radius 1 is 1.44 bits per heavy atom. The Kier molecular flexibility index (Phi) is 3.99. The third kappa shape index (κ3) is 2.56. The molecular formula is C11H12O5. The van der Waals surface area contributed by atoms with Gasteiger partial charge in [-0.05, 0) is 26.0 Å². The van der Waals surface area contributed by atoms with E-state index < -0.39 is 23.5 Å². The van der Waals surface area contributed by atoms with E-state index in [9.17, 15) is 14.4 Å². The minimum Gasteiger partial charge on any atom is -0.465 e. The molecular weight excluding hydrogens is 212 g/mol. The van der Waals surface area contributed by atoms with Crippen molar-refractivity contribution in [2.75, 3.05) is 6.61 Å². The average molecular weight is 224 g/mol. The summed E-state index contributed by atoms with van der Waals surface area (Å²) in [6, 6.07) is 2.91. The summed E-state index contributed by atoms with van der Waals surface area (Å²) in [5.41, 5.74) is 0. The molecule has 0 aliphatic rings. The van der Waals surface area contributed by atoms with Crippen molar-refractivity contribution in [3.05, 3.63) is 24.2 Å². The van der Waals surface area contributed by atoms with Crippen molar-refractivity contribution in [3.63, 3.8) is 0 Å². The lowest BCUT2D eigenvalue weighted by Gasteiger charge is -2.09. The van der Waals surface area contributed by atoms with Gasteiger partial charge in [0.1, 0.15) is 0 Å². The summed E-state index contributed by atoms with van der Waals surface area (Å²) >= 11 is 0. The van der Waals surface area contributed by atoms with E-state index in [1.165, 1.54) is 25.3 Å². The zero-order chi connectivity index (χ0) is 12.1. The zero-order valence-electron chi connectivity index (χ0n) is 9.06. The molecule has 16 heavy (non-hydrogen) atoms. The molecule has 0 saturated carbocycles. The molecule has 1 rings (SSSR count). The van der Waals surface area contributed by atoms with E-state index in [1.807, 2.05) is 0 Å². The van der Waals surface area contributed by atoms with Crippen LogP contribution in [0.4, 0.5) is 0 Å². The van der Waals surface area contributed by atoms with Crippen LogP contribution in [0.3, 0.4) is 0 Å². The molecule has 0 bridgehead atoms. The summed E-state index contributed by atoms with van der Waals surface area (Å²) in [5, 5.41) is 0. The minimum absolute atomic E-state index is 0.0201. The van der Waals surface area contributed by atoms with Crippen LogP contribution < -0.4 is 0 Å². The van der Waals surface area contributed by atoms with Gasteiger partial charge in [0.15, 0.2) is 17.5 Å². The summed E-state index contributed by atoms with van der Waals surface area (Å²) in [7, 11) is 0. The highest BCUT2D eigenvalue weighted by Gasteiger charge is 2.34. The fourth-order valence-electron chi connectivity index (χ4n) is 1.24. The van der Waals surface area contributed by atoms with Gasteiger partial charge in [0.05, 0.1) is 12.9 Å². The maximum Gasteiger partial charge on any atom is 0.324 e. The number of ketones is 2. The molecule has 0 spiro atoms. The summed E-state index contributed by atoms with van der Waals surface area (Å²) < 4.78 is 9.51. The fourth-order valence-corrected chi connectivity index (χ4v) is 1.24. The normalized spacial score (nSPS) is 11.9. The highest BCUT2D eigenvalue weighted by atomic mass is 16.5. The van der Waals surface area contributed by atoms with Crippen LogP contribution in [-0.4, -0.2) is 24.1 Å². The Morgan fingerprint density at radius 2 is 2.12 bits per heavy atom. The second-order valence-electron chi connectivity index (χ2n) is 3.14. The molecule has 1 heterocycles. The van der Waals surface area contributed by atoms with E-state index in [4.69, 9.17) is 4.42 Å². The Labute approximate surface area is 92.4 Å². The zero-order valence-corrected chi connectivity index (χ0v) is 9.06. The van der Waals surface area contributed by atoms with Gasteiger partial charge in [-0.1, -0.05) is 0 Å². The number of carbonyl (C=O) groups excluding carboxylic acids is 3. The quantitative estimate of drug-likeness (QED) is 0.427. The van der Waals surface area contributed by atoms with E-state index in [-0.39, 0.29) is 12.4 Å². The van der Waals surface area contributed by atoms with Crippen molar-refractivity contribution >= 4 is 17.5 Å². The minimum atomic E-state index is -1.42. The molecule has 0 amide bonds. The van der Waals surface area contributed by atoms with Crippen LogP contribution in [0.2, 0.25) is 0 Å². The number of hydrogen-bond acceptors (Lipinski definition) is 5. The molecule has 1 atom stereocenters. The van der Waals surface area contributed by atoms with Gasteiger partial charge in [-0.3, -0.25) is 14.4 Å². The Bertz CT molecular complexity index is 391. The fraction of sp³-hybridized carbons (Fsp3) is 0.364. The number of carbonyl (C=O) groups is 3. The van der Waals surface area contributed by atoms with Crippen molar-refractivity contribution in [2.45, 2.75) is 13.8 Å². The van der Waals surface area contributed by atoms with E-state index in [1.54, 1.807) is 6.92 Å². The second kappa shape index (κ2) is 5.25. The summed E-state index contributed by atoms with van der Waals surface area (Å²) in [5.74, 6) is -3.51. The first kappa shape index (κ1) is 12.2. The first-order valence-corrected chi connectivity index (χ1v) is 4.82. The van der Waals surface area contributed by atoms with Crippen LogP contribution in [0.1, 0.15) is 24.4 Å². The third-order valence-corrected chi connectivity index (χ3v) is 1.96. The molecule has 0 aromatic carbocycles. The number of esters is 1. The lowest BCUT2D eigenvalue weighted by atomic mass is 9.98. The molecule has 1 aromatic rings. The summed E-state index contributed by atoms with van der Waals surface area (Å²) in [6.45, 7) is 2.89. The van der Waals surface area contributed by atoms with Crippen LogP contribution in [0.15, 0.2) is 22.8 Å². The van der Waals surface area contributed by atoms with Gasteiger partial charge in [0, 0.05) is 0 Å². The topological polar surface area (TPSA) is 73.6 Å². The SMILES string of the molecule is CCOC(=O)C(C(C)=O)C(=O)c1ccco1. The van der Waals surface area contributed by atoms with Crippen LogP contribution in [-0.2, 0) is 14.3 Å². The molecule has 1 aromatic heterocycles. The molecule has 5 heteroatoms. The Balaban J connectivity index is 2.91. The van der Waals surface area contributed by atoms with Crippen LogP contribution >= 0.6 is 0 Å². The molecule has 5 nitrogen and oxygen atoms in total. The van der Waals surface area contributed by atoms with Crippen molar-refractivity contribution in [1.82, 2.24) is 0 Å². The third-order valence-electron chi connectivity index (χ3n) is 1.96. The number of hydrogen-bond donors (Lipinski definition) is 0. The lowest BCUT2D eigenvalue weighted by molar-refractivity contribution is -0.148. The highest BCUT2D eigenvalue weighted by molar-refractivity contribution is 6.21. The molecule has 86 valence electrons. The summed E-state index contributed by atoms with van der Waals surface area (Å²) in [4.78, 5) is 34.4. The maximum absolute atomic E-state index is 11.7. The predicted octanol–water partition coefficient (Wildman–Crippen LogP) is 1.23. The lowest BCUT2D eigenvalue weighted by Crippen LogP contribution is -2.31. The first-order chi connectivity index (χ1) is 7.57. The van der Waals surface area contributed by atoms with E-state index in [0.717, 1.165) is 0 Å². The molecule has 0 fully saturated rings. The van der Waals surface area contributed by atoms with Crippen molar-refractivity contribution < 1.29 is 23.5 Å². The Hall–Kier alpha value is -1.91. The van der Waals surface area contributed by atoms with E-state index in [2.05, 4.69) is 4.74 Å². The van der Waals surface area contributed by atoms with Gasteiger partial charge in [-0.15, -0.1) is 0 Å². The Morgan fingerprint density at radius 3 is 2.56 bits per heavy atom. The van der Waals surface area contributed by atoms with Gasteiger partial charge in [-0.2, -0.15) is 0 Å². The van der Waals surface area contributed by atoms with Gasteiger partial charge in [0.25, 0.3) is 0 Å². The largest absolute Gasteiger partial charge is 0.465 e. The van der Waals surface area contributed by atoms with Crippen LogP contribution in [0, 0.1) is 5.92 Å². The van der Waals surface area contributed by atoms with E-state index >= 15 is 0 Å². The molecule has 0 aliphatic carbocycles. The van der Waals surface area contributed by atoms with Gasteiger partial charge < -0.3 is 9.15 Å². The van der Waals surface area contributed by atoms with E-state index in [0.29, 0.717) is 0 Å². The first-order valence-electron chi connectivity index (χ1n) is 4.82. The molecule has 0 N–H and O–H groups in total. The molecule has 0 radical (unpaired) electrons. The molecule has 0 saturated heterocycles. The average Bonchev–Trinajstić information content (AvgIpc) is 2.70. The number of rotatable bonds is 5. The monoisotopic (exact) mass is 224 g/mol. The van der Waals surface area contributed by atoms with Crippen molar-refractivity contribution in [2.24, 2.45) is 5.92 Å². The standard InChI is InChI=1S/C11H12O5/c1-3-15-11(14)9(7(2)12)10(13)8-5-4-6-16-8/h4-6,9H,3H2,1-2H3. The summed E-state index contributed by atoms with van der Waals surface area (Å²) in [6.07, 6.45) is 1.30. The smallest absolute Gasteiger partial charge is 0.324 e. The van der Waals surface area contributed by atoms with Crippen LogP contribution in [0.25, 0.3) is 0 Å². The number of Topliss-reactive ketones (excluding diaryl/α,β-unsaturated/α-hetero) is 2. The molecule has 1 unspecified atom stereocenters. The highest BCUT2D eigenvalue weighted by Crippen LogP contribution is 2.12. The maximum atomic E-state index is 11.7. The van der Waals surface area contributed by atoms with Gasteiger partial charge in [-0.25, -0.2) is 0 Å². The number of ether oxygens (including phenoxy) is 1. The van der Waals surface area contributed by atoms with Crippen LogP contribution in [0.5, 0.6) is 0 Å². The van der Waals surface area contributed by atoms with Gasteiger partial charge >= 0.3 is 5.97 Å². The predicted molar refractivity (Wildman–Crippen MR) is 53.8 cm³/mol. The van der Waals surface area contributed by atoms with Gasteiger partial charge in [0.2, 0.25) is 5.78 Å². The van der Waals surface area contributed by atoms with Crippen molar-refractivity contribution in [1.29, 1.82) is 0 Å². The van der Waals surface area contributed by atoms with Crippen molar-refractivity contribution in [3.8, 4) is 0 Å². The second-order valence-corrected chi connectivity index (χ2v) is 3.14. The number of furan rings is 1. The molecule has 0 aliphatic heterocycles.